The van der Waals surface area contributed by atoms with Gasteiger partial charge in [0.25, 0.3) is 5.91 Å². The number of rotatable bonds is 9. The van der Waals surface area contributed by atoms with Crippen LogP contribution in [0.5, 0.6) is 0 Å². The lowest BCUT2D eigenvalue weighted by molar-refractivity contribution is 0.102. The van der Waals surface area contributed by atoms with E-state index in [0.29, 0.717) is 23.5 Å². The molecular weight excluding hydrogens is 364 g/mol. The summed E-state index contributed by atoms with van der Waals surface area (Å²) >= 11 is 0. The summed E-state index contributed by atoms with van der Waals surface area (Å²) in [7, 11) is 0. The second-order valence-corrected chi connectivity index (χ2v) is 7.74. The molecule has 1 aliphatic rings. The number of piperidine rings is 1. The monoisotopic (exact) mass is 396 g/mol. The van der Waals surface area contributed by atoms with Gasteiger partial charge in [0, 0.05) is 36.7 Å². The highest BCUT2D eigenvalue weighted by Crippen LogP contribution is 2.13. The third kappa shape index (κ3) is 6.80. The molecule has 3 N–H and O–H groups in total. The van der Waals surface area contributed by atoms with Crippen LogP contribution in [-0.2, 0) is 0 Å². The van der Waals surface area contributed by atoms with Crippen molar-refractivity contribution in [3.05, 3.63) is 48.4 Å². The summed E-state index contributed by atoms with van der Waals surface area (Å²) in [4.78, 5) is 23.3. The average molecular weight is 397 g/mol. The number of pyridine rings is 2. The molecule has 3 heterocycles. The van der Waals surface area contributed by atoms with Crippen LogP contribution in [0.1, 0.15) is 43.6 Å². The molecule has 0 saturated carbocycles. The highest BCUT2D eigenvalue weighted by atomic mass is 16.1. The van der Waals surface area contributed by atoms with E-state index in [1.54, 1.807) is 30.6 Å². The number of likely N-dealkylation sites (tertiary alicyclic amines) is 1. The minimum Gasteiger partial charge on any atom is -0.370 e. The molecule has 29 heavy (non-hydrogen) atoms. The minimum atomic E-state index is -0.228. The van der Waals surface area contributed by atoms with E-state index in [2.05, 4.69) is 44.7 Å². The highest BCUT2D eigenvalue weighted by molar-refractivity contribution is 6.03. The van der Waals surface area contributed by atoms with Crippen molar-refractivity contribution >= 4 is 17.4 Å². The Morgan fingerprint density at radius 2 is 1.90 bits per heavy atom. The van der Waals surface area contributed by atoms with Gasteiger partial charge in [-0.1, -0.05) is 6.07 Å². The molecule has 2 aromatic heterocycles. The maximum absolute atomic E-state index is 12.3. The second kappa shape index (κ2) is 10.9. The lowest BCUT2D eigenvalue weighted by Gasteiger charge is -2.35. The third-order valence-electron chi connectivity index (χ3n) is 5.27. The predicted octanol–water partition coefficient (Wildman–Crippen LogP) is 2.99. The molecule has 0 atom stereocenters. The topological polar surface area (TPSA) is 82.2 Å². The molecule has 0 radical (unpaired) electrons. The van der Waals surface area contributed by atoms with Crippen LogP contribution in [0, 0.1) is 0 Å². The van der Waals surface area contributed by atoms with E-state index in [4.69, 9.17) is 0 Å². The Balaban J connectivity index is 1.36. The Bertz CT molecular complexity index is 759. The van der Waals surface area contributed by atoms with Gasteiger partial charge in [-0.2, -0.15) is 0 Å². The number of aromatic nitrogens is 2. The first-order chi connectivity index (χ1) is 14.1. The van der Waals surface area contributed by atoms with Crippen LogP contribution in [0.2, 0.25) is 0 Å². The Morgan fingerprint density at radius 3 is 2.62 bits per heavy atom. The van der Waals surface area contributed by atoms with Crippen molar-refractivity contribution in [1.29, 1.82) is 0 Å². The lowest BCUT2D eigenvalue weighted by Crippen LogP contribution is -2.45. The zero-order valence-corrected chi connectivity index (χ0v) is 17.4. The minimum absolute atomic E-state index is 0.228. The van der Waals surface area contributed by atoms with Crippen LogP contribution in [0.3, 0.4) is 0 Å². The number of carbonyl (C=O) groups excluding carboxylic acids is 1. The molecule has 3 rings (SSSR count). The summed E-state index contributed by atoms with van der Waals surface area (Å²) in [6.07, 6.45) is 6.74. The molecule has 7 heteroatoms. The molecular formula is C22H32N6O. The van der Waals surface area contributed by atoms with Crippen molar-refractivity contribution in [3.63, 3.8) is 0 Å². The van der Waals surface area contributed by atoms with E-state index < -0.39 is 0 Å². The lowest BCUT2D eigenvalue weighted by atomic mass is 10.0. The number of carbonyl (C=O) groups is 1. The van der Waals surface area contributed by atoms with Crippen molar-refractivity contribution in [3.8, 4) is 0 Å². The highest BCUT2D eigenvalue weighted by Gasteiger charge is 2.19. The van der Waals surface area contributed by atoms with Crippen LogP contribution in [0.25, 0.3) is 0 Å². The molecule has 0 bridgehead atoms. The Labute approximate surface area is 173 Å². The number of nitrogens with zero attached hydrogens (tertiary/aromatic N) is 3. The number of nitrogens with one attached hydrogen (secondary N) is 3. The van der Waals surface area contributed by atoms with E-state index >= 15 is 0 Å². The quantitative estimate of drug-likeness (QED) is 0.565. The van der Waals surface area contributed by atoms with Crippen molar-refractivity contribution < 1.29 is 4.79 Å². The van der Waals surface area contributed by atoms with E-state index in [-0.39, 0.29) is 5.91 Å². The number of amides is 1. The molecule has 1 aliphatic heterocycles. The van der Waals surface area contributed by atoms with Crippen molar-refractivity contribution in [2.24, 2.45) is 0 Å². The molecule has 1 saturated heterocycles. The number of hydrogen-bond donors (Lipinski definition) is 3. The first-order valence-electron chi connectivity index (χ1n) is 10.5. The maximum Gasteiger partial charge on any atom is 0.274 e. The van der Waals surface area contributed by atoms with Crippen molar-refractivity contribution in [2.75, 3.05) is 36.8 Å². The molecule has 0 aliphatic carbocycles. The number of anilines is 2. The Morgan fingerprint density at radius 1 is 1.14 bits per heavy atom. The van der Waals surface area contributed by atoms with Crippen LogP contribution >= 0.6 is 0 Å². The van der Waals surface area contributed by atoms with Gasteiger partial charge in [0.1, 0.15) is 11.5 Å². The SMILES string of the molecule is CC(C)N1CCC(NCCCNc2cccc(C(=O)Nc3ccncc3)n2)CC1. The normalized spacial score (nSPS) is 15.4. The van der Waals surface area contributed by atoms with Gasteiger partial charge in [0.05, 0.1) is 0 Å². The molecule has 1 amide bonds. The van der Waals surface area contributed by atoms with Gasteiger partial charge in [-0.25, -0.2) is 4.98 Å². The van der Waals surface area contributed by atoms with Gasteiger partial charge >= 0.3 is 0 Å². The summed E-state index contributed by atoms with van der Waals surface area (Å²) in [6, 6.07) is 10.2. The van der Waals surface area contributed by atoms with E-state index in [1.165, 1.54) is 25.9 Å². The van der Waals surface area contributed by atoms with Gasteiger partial charge < -0.3 is 20.9 Å². The standard InChI is InChI=1S/C22H32N6O/c1-17(2)28-15-9-18(10-16-28)24-11-4-12-25-21-6-3-5-20(27-21)22(29)26-19-7-13-23-14-8-19/h3,5-8,13-14,17-18,24H,4,9-12,15-16H2,1-2H3,(H,25,27)(H,23,26,29). The summed E-state index contributed by atoms with van der Waals surface area (Å²) in [5.74, 6) is 0.492. The zero-order valence-electron chi connectivity index (χ0n) is 17.4. The van der Waals surface area contributed by atoms with Crippen molar-refractivity contribution in [1.82, 2.24) is 20.2 Å². The molecule has 7 nitrogen and oxygen atoms in total. The fourth-order valence-corrected chi connectivity index (χ4v) is 3.52. The maximum atomic E-state index is 12.3. The molecule has 1 fully saturated rings. The fourth-order valence-electron chi connectivity index (χ4n) is 3.52. The molecule has 2 aromatic rings. The van der Waals surface area contributed by atoms with E-state index in [1.807, 2.05) is 12.1 Å². The first-order valence-corrected chi connectivity index (χ1v) is 10.5. The molecule has 0 aromatic carbocycles. The first kappa shape index (κ1) is 21.2. The smallest absolute Gasteiger partial charge is 0.274 e. The van der Waals surface area contributed by atoms with Gasteiger partial charge in [0.2, 0.25) is 0 Å². The number of hydrogen-bond acceptors (Lipinski definition) is 6. The molecule has 156 valence electrons. The molecule has 0 unspecified atom stereocenters. The van der Waals surface area contributed by atoms with Crippen LogP contribution < -0.4 is 16.0 Å². The van der Waals surface area contributed by atoms with Gasteiger partial charge in [0.15, 0.2) is 0 Å². The largest absolute Gasteiger partial charge is 0.370 e. The van der Waals surface area contributed by atoms with Gasteiger partial charge in [-0.15, -0.1) is 0 Å². The fraction of sp³-hybridized carbons (Fsp3) is 0.500. The van der Waals surface area contributed by atoms with Crippen molar-refractivity contribution in [2.45, 2.75) is 45.2 Å². The average Bonchev–Trinajstić information content (AvgIpc) is 2.75. The van der Waals surface area contributed by atoms with Gasteiger partial charge in [-0.05, 0) is 77.0 Å². The third-order valence-corrected chi connectivity index (χ3v) is 5.27. The van der Waals surface area contributed by atoms with Crippen LogP contribution in [0.15, 0.2) is 42.7 Å². The summed E-state index contributed by atoms with van der Waals surface area (Å²) in [5, 5.41) is 9.81. The molecule has 0 spiro atoms. The van der Waals surface area contributed by atoms with E-state index in [0.717, 1.165) is 25.3 Å². The van der Waals surface area contributed by atoms with Gasteiger partial charge in [-0.3, -0.25) is 9.78 Å². The second-order valence-electron chi connectivity index (χ2n) is 7.74. The summed E-state index contributed by atoms with van der Waals surface area (Å²) < 4.78 is 0. The van der Waals surface area contributed by atoms with E-state index in [9.17, 15) is 4.79 Å². The Kier molecular flexibility index (Phi) is 7.95. The summed E-state index contributed by atoms with van der Waals surface area (Å²) in [6.45, 7) is 8.72. The van der Waals surface area contributed by atoms with Crippen LogP contribution in [0.4, 0.5) is 11.5 Å². The Hall–Kier alpha value is -2.51. The summed E-state index contributed by atoms with van der Waals surface area (Å²) in [5.41, 5.74) is 1.09. The zero-order chi connectivity index (χ0) is 20.5. The predicted molar refractivity (Wildman–Crippen MR) is 117 cm³/mol. The van der Waals surface area contributed by atoms with Crippen LogP contribution in [-0.4, -0.2) is 59.0 Å².